The number of rotatable bonds is 6. The van der Waals surface area contributed by atoms with Crippen LogP contribution in [0.3, 0.4) is 0 Å². The molecule has 0 saturated heterocycles. The normalized spacial score (nSPS) is 11.5. The number of hydrogen-bond acceptors (Lipinski definition) is 3. The van der Waals surface area contributed by atoms with Gasteiger partial charge in [0.05, 0.1) is 0 Å². The predicted molar refractivity (Wildman–Crippen MR) is 108 cm³/mol. The summed E-state index contributed by atoms with van der Waals surface area (Å²) in [6.07, 6.45) is -0.604. The first-order valence-corrected chi connectivity index (χ1v) is 8.89. The highest BCUT2D eigenvalue weighted by Crippen LogP contribution is 2.23. The molecule has 0 fully saturated rings. The first-order valence-electron chi connectivity index (χ1n) is 8.89. The van der Waals surface area contributed by atoms with E-state index < -0.39 is 6.10 Å². The molecule has 0 heterocycles. The molecule has 0 aliphatic heterocycles. The molecule has 1 amide bonds. The number of amides is 1. The van der Waals surface area contributed by atoms with Gasteiger partial charge in [0.2, 0.25) is 0 Å². The minimum atomic E-state index is -0.604. The van der Waals surface area contributed by atoms with Crippen LogP contribution in [-0.4, -0.2) is 12.0 Å². The number of carbonyl (C=O) groups is 1. The average molecular weight is 361 g/mol. The molecular weight excluding hydrogens is 338 g/mol. The zero-order chi connectivity index (χ0) is 19.2. The summed E-state index contributed by atoms with van der Waals surface area (Å²) in [5.41, 5.74) is 3.02. The van der Waals surface area contributed by atoms with Crippen LogP contribution in [0.25, 0.3) is 0 Å². The largest absolute Gasteiger partial charge is 0.481 e. The van der Waals surface area contributed by atoms with E-state index in [9.17, 15) is 4.79 Å². The molecule has 27 heavy (non-hydrogen) atoms. The van der Waals surface area contributed by atoms with Crippen LogP contribution in [0.4, 0.5) is 5.69 Å². The summed E-state index contributed by atoms with van der Waals surface area (Å²) in [6.45, 7) is 5.80. The van der Waals surface area contributed by atoms with Crippen molar-refractivity contribution >= 4 is 11.6 Å². The standard InChI is InChI=1S/C23H23NO3/c1-16-9-12-22(15-17(16)2)26-18(3)23(25)24-19-10-13-21(14-11-19)27-20-7-5-4-6-8-20/h4-15,18H,1-3H3,(H,24,25)/t18-/m0/s1. The molecule has 4 heteroatoms. The van der Waals surface area contributed by atoms with Gasteiger partial charge in [0.25, 0.3) is 5.91 Å². The van der Waals surface area contributed by atoms with Gasteiger partial charge in [0.15, 0.2) is 6.10 Å². The Hall–Kier alpha value is -3.27. The van der Waals surface area contributed by atoms with Gasteiger partial charge in [-0.3, -0.25) is 4.79 Å². The number of anilines is 1. The molecule has 4 nitrogen and oxygen atoms in total. The summed E-state index contributed by atoms with van der Waals surface area (Å²) in [6, 6.07) is 22.6. The van der Waals surface area contributed by atoms with Crippen molar-refractivity contribution in [2.45, 2.75) is 26.9 Å². The number of carbonyl (C=O) groups excluding carboxylic acids is 1. The highest BCUT2D eigenvalue weighted by molar-refractivity contribution is 5.94. The molecular formula is C23H23NO3. The van der Waals surface area contributed by atoms with E-state index in [1.807, 2.05) is 74.5 Å². The fourth-order valence-corrected chi connectivity index (χ4v) is 2.52. The Kier molecular flexibility index (Phi) is 5.77. The third-order valence-electron chi connectivity index (χ3n) is 4.26. The lowest BCUT2D eigenvalue weighted by molar-refractivity contribution is -0.122. The molecule has 3 aromatic carbocycles. The van der Waals surface area contributed by atoms with Gasteiger partial charge in [0, 0.05) is 5.69 Å². The number of aryl methyl sites for hydroxylation is 2. The fraction of sp³-hybridized carbons (Fsp3) is 0.174. The Morgan fingerprint density at radius 3 is 2.11 bits per heavy atom. The molecule has 0 saturated carbocycles. The Morgan fingerprint density at radius 1 is 0.815 bits per heavy atom. The molecule has 3 rings (SSSR count). The highest BCUT2D eigenvalue weighted by Gasteiger charge is 2.15. The van der Waals surface area contributed by atoms with Crippen molar-refractivity contribution < 1.29 is 14.3 Å². The number of para-hydroxylation sites is 1. The highest BCUT2D eigenvalue weighted by atomic mass is 16.5. The van der Waals surface area contributed by atoms with E-state index in [0.29, 0.717) is 17.2 Å². The molecule has 0 aliphatic rings. The lowest BCUT2D eigenvalue weighted by Crippen LogP contribution is -2.30. The van der Waals surface area contributed by atoms with E-state index in [4.69, 9.17) is 9.47 Å². The van der Waals surface area contributed by atoms with Gasteiger partial charge in [-0.2, -0.15) is 0 Å². The van der Waals surface area contributed by atoms with Crippen LogP contribution in [0, 0.1) is 13.8 Å². The van der Waals surface area contributed by atoms with Crippen LogP contribution in [0.2, 0.25) is 0 Å². The summed E-state index contributed by atoms with van der Waals surface area (Å²) < 4.78 is 11.5. The van der Waals surface area contributed by atoms with E-state index >= 15 is 0 Å². The number of ether oxygens (including phenoxy) is 2. The van der Waals surface area contributed by atoms with Crippen molar-refractivity contribution in [3.05, 3.63) is 83.9 Å². The molecule has 0 radical (unpaired) electrons. The summed E-state index contributed by atoms with van der Waals surface area (Å²) >= 11 is 0. The van der Waals surface area contributed by atoms with Crippen molar-refractivity contribution in [3.8, 4) is 17.2 Å². The number of benzene rings is 3. The van der Waals surface area contributed by atoms with Gasteiger partial charge in [-0.25, -0.2) is 0 Å². The van der Waals surface area contributed by atoms with Crippen molar-refractivity contribution in [2.24, 2.45) is 0 Å². The first kappa shape index (κ1) is 18.5. The maximum atomic E-state index is 12.4. The van der Waals surface area contributed by atoms with Crippen LogP contribution >= 0.6 is 0 Å². The molecule has 0 spiro atoms. The zero-order valence-corrected chi connectivity index (χ0v) is 15.7. The van der Waals surface area contributed by atoms with Crippen molar-refractivity contribution in [1.29, 1.82) is 0 Å². The van der Waals surface area contributed by atoms with Crippen LogP contribution in [0.1, 0.15) is 18.1 Å². The second-order valence-corrected chi connectivity index (χ2v) is 6.43. The third kappa shape index (κ3) is 5.11. The number of hydrogen-bond donors (Lipinski definition) is 1. The van der Waals surface area contributed by atoms with Crippen LogP contribution in [0.5, 0.6) is 17.2 Å². The van der Waals surface area contributed by atoms with Crippen molar-refractivity contribution in [3.63, 3.8) is 0 Å². The van der Waals surface area contributed by atoms with E-state index in [0.717, 1.165) is 11.3 Å². The van der Waals surface area contributed by atoms with Crippen molar-refractivity contribution in [1.82, 2.24) is 0 Å². The summed E-state index contributed by atoms with van der Waals surface area (Å²) in [4.78, 5) is 12.4. The topological polar surface area (TPSA) is 47.6 Å². The van der Waals surface area contributed by atoms with Gasteiger partial charge < -0.3 is 14.8 Å². The summed E-state index contributed by atoms with van der Waals surface area (Å²) in [5, 5.41) is 2.86. The second kappa shape index (κ2) is 8.41. The molecule has 3 aromatic rings. The third-order valence-corrected chi connectivity index (χ3v) is 4.26. The zero-order valence-electron chi connectivity index (χ0n) is 15.7. The number of nitrogens with one attached hydrogen (secondary N) is 1. The molecule has 1 N–H and O–H groups in total. The Bertz CT molecular complexity index is 905. The first-order chi connectivity index (χ1) is 13.0. The maximum Gasteiger partial charge on any atom is 0.265 e. The minimum absolute atomic E-state index is 0.204. The molecule has 0 bridgehead atoms. The quantitative estimate of drug-likeness (QED) is 0.630. The SMILES string of the molecule is Cc1ccc(O[C@@H](C)C(=O)Nc2ccc(Oc3ccccc3)cc2)cc1C. The minimum Gasteiger partial charge on any atom is -0.481 e. The van der Waals surface area contributed by atoms with Crippen LogP contribution < -0.4 is 14.8 Å². The van der Waals surface area contributed by atoms with Gasteiger partial charge in [0.1, 0.15) is 17.2 Å². The Labute approximate surface area is 159 Å². The Balaban J connectivity index is 1.57. The van der Waals surface area contributed by atoms with E-state index in [2.05, 4.69) is 5.32 Å². The van der Waals surface area contributed by atoms with Crippen LogP contribution in [0.15, 0.2) is 72.8 Å². The lowest BCUT2D eigenvalue weighted by atomic mass is 10.1. The smallest absolute Gasteiger partial charge is 0.265 e. The Morgan fingerprint density at radius 2 is 1.44 bits per heavy atom. The average Bonchev–Trinajstić information content (AvgIpc) is 2.67. The van der Waals surface area contributed by atoms with Gasteiger partial charge in [-0.15, -0.1) is 0 Å². The fourth-order valence-electron chi connectivity index (χ4n) is 2.52. The second-order valence-electron chi connectivity index (χ2n) is 6.43. The van der Waals surface area contributed by atoms with Crippen molar-refractivity contribution in [2.75, 3.05) is 5.32 Å². The molecule has 138 valence electrons. The molecule has 1 atom stereocenters. The van der Waals surface area contributed by atoms with E-state index in [-0.39, 0.29) is 5.91 Å². The monoisotopic (exact) mass is 361 g/mol. The van der Waals surface area contributed by atoms with Gasteiger partial charge in [-0.1, -0.05) is 24.3 Å². The van der Waals surface area contributed by atoms with Gasteiger partial charge in [-0.05, 0) is 80.4 Å². The molecule has 0 aromatic heterocycles. The van der Waals surface area contributed by atoms with E-state index in [1.54, 1.807) is 19.1 Å². The van der Waals surface area contributed by atoms with Gasteiger partial charge >= 0.3 is 0 Å². The van der Waals surface area contributed by atoms with E-state index in [1.165, 1.54) is 5.56 Å². The molecule has 0 unspecified atom stereocenters. The maximum absolute atomic E-state index is 12.4. The predicted octanol–water partition coefficient (Wildman–Crippen LogP) is 5.50. The summed E-state index contributed by atoms with van der Waals surface area (Å²) in [5.74, 6) is 1.96. The molecule has 0 aliphatic carbocycles. The van der Waals surface area contributed by atoms with Crippen LogP contribution in [-0.2, 0) is 4.79 Å². The summed E-state index contributed by atoms with van der Waals surface area (Å²) in [7, 11) is 0. The lowest BCUT2D eigenvalue weighted by Gasteiger charge is -2.16.